The molecule has 35 heavy (non-hydrogen) atoms. The molecule has 0 radical (unpaired) electrons. The van der Waals surface area contributed by atoms with Gasteiger partial charge in [-0.15, -0.1) is 0 Å². The number of rotatable bonds is 5. The zero-order valence-electron chi connectivity index (χ0n) is 19.3. The fourth-order valence-electron chi connectivity index (χ4n) is 3.61. The number of aromatic nitrogens is 2. The van der Waals surface area contributed by atoms with Crippen molar-refractivity contribution in [3.8, 4) is 11.5 Å². The number of likely N-dealkylation sites (N-methyl/N-ethyl adjacent to an activating group) is 1. The van der Waals surface area contributed by atoms with Crippen LogP contribution in [-0.4, -0.2) is 67.8 Å². The molecule has 4 rings (SSSR count). The summed E-state index contributed by atoms with van der Waals surface area (Å²) in [5, 5.41) is 23.6. The molecule has 2 aromatic heterocycles. The minimum atomic E-state index is -1.15. The average molecular weight is 476 g/mol. The van der Waals surface area contributed by atoms with E-state index in [1.807, 2.05) is 12.1 Å². The van der Waals surface area contributed by atoms with Gasteiger partial charge in [0.2, 0.25) is 11.9 Å². The molecule has 0 saturated heterocycles. The molecule has 11 nitrogen and oxygen atoms in total. The molecular formula is C24H24N6O5. The van der Waals surface area contributed by atoms with E-state index in [0.29, 0.717) is 34.1 Å². The van der Waals surface area contributed by atoms with E-state index >= 15 is 0 Å². The van der Waals surface area contributed by atoms with Gasteiger partial charge in [0.25, 0.3) is 0 Å². The lowest BCUT2D eigenvalue weighted by Crippen LogP contribution is -2.50. The van der Waals surface area contributed by atoms with Crippen LogP contribution in [0.2, 0.25) is 0 Å². The highest BCUT2D eigenvalue weighted by molar-refractivity contribution is 5.96. The second-order valence-electron chi connectivity index (χ2n) is 7.74. The minimum absolute atomic E-state index is 0.136. The quantitative estimate of drug-likeness (QED) is 0.509. The van der Waals surface area contributed by atoms with Crippen molar-refractivity contribution in [2.45, 2.75) is 20.1 Å². The Kier molecular flexibility index (Phi) is 6.60. The fraction of sp³-hybridized carbons (Fsp3) is 0.208. The summed E-state index contributed by atoms with van der Waals surface area (Å²) in [5.74, 6) is 1.39. The first-order valence-corrected chi connectivity index (χ1v) is 10.8. The smallest absolute Gasteiger partial charge is 0.414 e. The molecule has 0 aliphatic carbocycles. The van der Waals surface area contributed by atoms with Crippen molar-refractivity contribution in [2.24, 2.45) is 4.99 Å². The number of guanidine groups is 1. The molecule has 11 heteroatoms. The van der Waals surface area contributed by atoms with Crippen LogP contribution in [0.5, 0.6) is 11.5 Å². The normalized spacial score (nSPS) is 15.3. The summed E-state index contributed by atoms with van der Waals surface area (Å²) in [6.07, 6.45) is 0.711. The minimum Gasteiger partial charge on any atom is -0.465 e. The Morgan fingerprint density at radius 2 is 1.94 bits per heavy atom. The number of aliphatic imine (C=N–C) groups is 1. The molecule has 1 aliphatic heterocycles. The van der Waals surface area contributed by atoms with Gasteiger partial charge in [-0.05, 0) is 37.3 Å². The van der Waals surface area contributed by atoms with Gasteiger partial charge in [-0.25, -0.2) is 24.7 Å². The van der Waals surface area contributed by atoms with Gasteiger partial charge in [0.1, 0.15) is 17.3 Å². The van der Waals surface area contributed by atoms with Gasteiger partial charge in [-0.1, -0.05) is 6.07 Å². The number of nitrogens with one attached hydrogen (secondary N) is 1. The van der Waals surface area contributed by atoms with Crippen molar-refractivity contribution < 1.29 is 24.5 Å². The third-order valence-corrected chi connectivity index (χ3v) is 5.30. The van der Waals surface area contributed by atoms with E-state index in [4.69, 9.17) is 4.74 Å². The molecule has 3 aromatic rings. The van der Waals surface area contributed by atoms with Crippen LogP contribution in [0, 0.1) is 0 Å². The lowest BCUT2D eigenvalue weighted by atomic mass is 10.1. The first-order chi connectivity index (χ1) is 16.8. The Morgan fingerprint density at radius 3 is 2.66 bits per heavy atom. The number of benzene rings is 1. The van der Waals surface area contributed by atoms with Crippen LogP contribution in [0.15, 0.2) is 59.9 Å². The summed E-state index contributed by atoms with van der Waals surface area (Å²) < 4.78 is 5.90. The Morgan fingerprint density at radius 1 is 1.17 bits per heavy atom. The number of nitrogens with zero attached hydrogens (tertiary/aromatic N) is 5. The molecular weight excluding hydrogens is 452 g/mol. The van der Waals surface area contributed by atoms with Crippen LogP contribution < -0.4 is 10.1 Å². The van der Waals surface area contributed by atoms with E-state index in [0.717, 1.165) is 10.3 Å². The third kappa shape index (κ3) is 5.04. The van der Waals surface area contributed by atoms with E-state index in [9.17, 15) is 19.8 Å². The number of aliphatic hydroxyl groups excluding tert-OH is 1. The average Bonchev–Trinajstić information content (AvgIpc) is 2.81. The van der Waals surface area contributed by atoms with Crippen molar-refractivity contribution in [1.29, 1.82) is 0 Å². The number of carbonyl (C=O) groups excluding carboxylic acids is 1. The molecule has 1 unspecified atom stereocenters. The molecule has 2 amide bonds. The maximum absolute atomic E-state index is 11.5. The highest BCUT2D eigenvalue weighted by Gasteiger charge is 2.30. The summed E-state index contributed by atoms with van der Waals surface area (Å²) in [4.78, 5) is 38.1. The molecule has 0 spiro atoms. The first-order valence-electron chi connectivity index (χ1n) is 10.8. The van der Waals surface area contributed by atoms with Crippen LogP contribution >= 0.6 is 0 Å². The maximum atomic E-state index is 11.5. The maximum Gasteiger partial charge on any atom is 0.414 e. The van der Waals surface area contributed by atoms with Crippen LogP contribution in [0.3, 0.4) is 0 Å². The summed E-state index contributed by atoms with van der Waals surface area (Å²) >= 11 is 0. The van der Waals surface area contributed by atoms with Crippen molar-refractivity contribution in [3.05, 3.63) is 60.6 Å². The molecule has 1 aliphatic rings. The molecule has 3 heterocycles. The van der Waals surface area contributed by atoms with Gasteiger partial charge in [0.05, 0.1) is 11.2 Å². The van der Waals surface area contributed by atoms with Crippen LogP contribution in [0.1, 0.15) is 19.5 Å². The van der Waals surface area contributed by atoms with Gasteiger partial charge in [-0.3, -0.25) is 4.79 Å². The Hall–Kier alpha value is -4.51. The number of hydrogen-bond donors (Lipinski definition) is 3. The Bertz CT molecular complexity index is 1360. The Labute approximate surface area is 201 Å². The zero-order valence-corrected chi connectivity index (χ0v) is 19.3. The molecule has 0 saturated carbocycles. The van der Waals surface area contributed by atoms with E-state index in [1.54, 1.807) is 50.5 Å². The number of amides is 2. The summed E-state index contributed by atoms with van der Waals surface area (Å²) in [6.45, 7) is 3.29. The third-order valence-electron chi connectivity index (χ3n) is 5.30. The number of carbonyl (C=O) groups is 2. The number of aliphatic hydroxyl groups is 1. The van der Waals surface area contributed by atoms with E-state index in [2.05, 4.69) is 20.3 Å². The predicted octanol–water partition coefficient (Wildman–Crippen LogP) is 3.34. The van der Waals surface area contributed by atoms with Crippen molar-refractivity contribution >= 4 is 40.3 Å². The Balaban J connectivity index is 1.59. The molecule has 0 bridgehead atoms. The highest BCUT2D eigenvalue weighted by Crippen LogP contribution is 2.29. The van der Waals surface area contributed by atoms with E-state index < -0.39 is 12.3 Å². The summed E-state index contributed by atoms with van der Waals surface area (Å²) in [7, 11) is 1.57. The largest absolute Gasteiger partial charge is 0.465 e. The van der Waals surface area contributed by atoms with Crippen molar-refractivity contribution in [2.75, 3.05) is 18.9 Å². The van der Waals surface area contributed by atoms with Crippen molar-refractivity contribution in [1.82, 2.24) is 19.8 Å². The van der Waals surface area contributed by atoms with Crippen LogP contribution in [-0.2, 0) is 4.79 Å². The molecule has 1 aromatic carbocycles. The number of anilines is 1. The van der Waals surface area contributed by atoms with Gasteiger partial charge in [0, 0.05) is 49.9 Å². The van der Waals surface area contributed by atoms with Crippen LogP contribution in [0.4, 0.5) is 10.6 Å². The summed E-state index contributed by atoms with van der Waals surface area (Å²) in [6, 6.07) is 12.3. The van der Waals surface area contributed by atoms with Crippen LogP contribution in [0.25, 0.3) is 16.5 Å². The second kappa shape index (κ2) is 9.77. The number of pyridine rings is 2. The van der Waals surface area contributed by atoms with Crippen molar-refractivity contribution in [3.63, 3.8) is 0 Å². The first kappa shape index (κ1) is 23.6. The van der Waals surface area contributed by atoms with E-state index in [1.165, 1.54) is 18.0 Å². The highest BCUT2D eigenvalue weighted by atomic mass is 16.5. The molecule has 0 fully saturated rings. The zero-order chi connectivity index (χ0) is 25.1. The van der Waals surface area contributed by atoms with Gasteiger partial charge < -0.3 is 25.2 Å². The topological polar surface area (TPSA) is 140 Å². The number of fused-ring (bicyclic) bond motifs is 1. The molecule has 1 atom stereocenters. The SMILES string of the molecule is CCN(C(=O)O)C1=NC=C(c2ccc3cc(Oc4ccnc(NC(C)=O)c4)ccc3n2)C(O)N1C. The fourth-order valence-corrected chi connectivity index (χ4v) is 3.61. The number of ether oxygens (including phenoxy) is 1. The molecule has 3 N–H and O–H groups in total. The number of hydrogen-bond acceptors (Lipinski definition) is 8. The van der Waals surface area contributed by atoms with Gasteiger partial charge in [-0.2, -0.15) is 0 Å². The standard InChI is InChI=1S/C24H24N6O5/c1-4-30(24(33)34)23-26-13-18(22(32)29(23)3)20-7-5-15-11-16(6-8-19(15)28-20)35-17-9-10-25-21(12-17)27-14(2)31/h5-13,22,32H,4H2,1-3H3,(H,33,34)(H,25,27,31). The lowest BCUT2D eigenvalue weighted by Gasteiger charge is -2.34. The lowest BCUT2D eigenvalue weighted by molar-refractivity contribution is -0.114. The van der Waals surface area contributed by atoms with Gasteiger partial charge >= 0.3 is 6.09 Å². The monoisotopic (exact) mass is 476 g/mol. The second-order valence-corrected chi connectivity index (χ2v) is 7.74. The van der Waals surface area contributed by atoms with E-state index in [-0.39, 0.29) is 18.4 Å². The van der Waals surface area contributed by atoms with Gasteiger partial charge in [0.15, 0.2) is 6.23 Å². The summed E-state index contributed by atoms with van der Waals surface area (Å²) in [5.41, 5.74) is 1.64. The number of carboxylic acid groups (broad SMARTS) is 1. The molecule has 180 valence electrons. The predicted molar refractivity (Wildman–Crippen MR) is 130 cm³/mol.